The fourth-order valence-corrected chi connectivity index (χ4v) is 3.59. The van der Waals surface area contributed by atoms with Crippen LogP contribution in [0.25, 0.3) is 6.08 Å². The molecular formula is C15H15Br. The van der Waals surface area contributed by atoms with Crippen LogP contribution in [-0.4, -0.2) is 0 Å². The minimum Gasteiger partial charge on any atom is -0.0693 e. The van der Waals surface area contributed by atoms with Gasteiger partial charge < -0.3 is 0 Å². The highest BCUT2D eigenvalue weighted by molar-refractivity contribution is 9.10. The summed E-state index contributed by atoms with van der Waals surface area (Å²) in [6.45, 7) is 4.42. The molecular weight excluding hydrogens is 260 g/mol. The van der Waals surface area contributed by atoms with E-state index in [9.17, 15) is 0 Å². The molecule has 2 aliphatic rings. The fourth-order valence-electron chi connectivity index (χ4n) is 2.84. The van der Waals surface area contributed by atoms with Gasteiger partial charge in [0.05, 0.1) is 0 Å². The molecule has 1 heteroatoms. The Morgan fingerprint density at radius 3 is 2.75 bits per heavy atom. The SMILES string of the molecule is CC1=CC2=Cc3cc(C)cc(Br)c3CC1C2. The third kappa shape index (κ3) is 1.58. The van der Waals surface area contributed by atoms with Gasteiger partial charge in [0, 0.05) is 4.47 Å². The Balaban J connectivity index is 2.20. The maximum absolute atomic E-state index is 3.71. The van der Waals surface area contributed by atoms with Gasteiger partial charge in [0.25, 0.3) is 0 Å². The normalized spacial score (nSPS) is 22.3. The van der Waals surface area contributed by atoms with Gasteiger partial charge in [-0.15, -0.1) is 0 Å². The number of benzene rings is 1. The Labute approximate surface area is 105 Å². The first-order valence-electron chi connectivity index (χ1n) is 5.81. The van der Waals surface area contributed by atoms with Crippen molar-refractivity contribution in [1.29, 1.82) is 0 Å². The second-order valence-corrected chi connectivity index (χ2v) is 5.88. The molecule has 0 amide bonds. The first-order chi connectivity index (χ1) is 7.63. The van der Waals surface area contributed by atoms with Gasteiger partial charge >= 0.3 is 0 Å². The molecule has 0 radical (unpaired) electrons. The number of fused-ring (bicyclic) bond motifs is 3. The predicted molar refractivity (Wildman–Crippen MR) is 72.4 cm³/mol. The largest absolute Gasteiger partial charge is 0.0693 e. The Bertz CT molecular complexity index is 520. The molecule has 82 valence electrons. The second kappa shape index (κ2) is 3.59. The topological polar surface area (TPSA) is 0 Å². The molecule has 0 N–H and O–H groups in total. The van der Waals surface area contributed by atoms with Crippen molar-refractivity contribution in [2.24, 2.45) is 5.92 Å². The molecule has 0 aromatic heterocycles. The maximum atomic E-state index is 3.71. The van der Waals surface area contributed by atoms with Gasteiger partial charge in [-0.2, -0.15) is 0 Å². The predicted octanol–water partition coefficient (Wildman–Crippen LogP) is 4.66. The van der Waals surface area contributed by atoms with Crippen molar-refractivity contribution in [3.05, 3.63) is 50.5 Å². The lowest BCUT2D eigenvalue weighted by atomic mass is 9.92. The van der Waals surface area contributed by atoms with E-state index in [2.05, 4.69) is 54.1 Å². The molecule has 2 bridgehead atoms. The van der Waals surface area contributed by atoms with Gasteiger partial charge in [-0.3, -0.25) is 0 Å². The summed E-state index contributed by atoms with van der Waals surface area (Å²) in [5.41, 5.74) is 7.27. The third-order valence-corrected chi connectivity index (χ3v) is 4.41. The second-order valence-electron chi connectivity index (χ2n) is 5.03. The molecule has 1 aromatic rings. The highest BCUT2D eigenvalue weighted by atomic mass is 79.9. The lowest BCUT2D eigenvalue weighted by Crippen LogP contribution is -2.03. The number of halogens is 1. The van der Waals surface area contributed by atoms with Crippen LogP contribution in [0.1, 0.15) is 30.0 Å². The smallest absolute Gasteiger partial charge is 0.0216 e. The highest BCUT2D eigenvalue weighted by Gasteiger charge is 2.24. The zero-order chi connectivity index (χ0) is 11.3. The summed E-state index contributed by atoms with van der Waals surface area (Å²) in [4.78, 5) is 0. The zero-order valence-corrected chi connectivity index (χ0v) is 11.3. The van der Waals surface area contributed by atoms with Crippen LogP contribution < -0.4 is 0 Å². The van der Waals surface area contributed by atoms with E-state index in [0.717, 1.165) is 5.92 Å². The summed E-state index contributed by atoms with van der Waals surface area (Å²) < 4.78 is 1.28. The average molecular weight is 275 g/mol. The van der Waals surface area contributed by atoms with Gasteiger partial charge in [-0.1, -0.05) is 39.7 Å². The van der Waals surface area contributed by atoms with Crippen LogP contribution in [0, 0.1) is 12.8 Å². The summed E-state index contributed by atoms with van der Waals surface area (Å²) in [6.07, 6.45) is 7.14. The first kappa shape index (κ1) is 10.3. The molecule has 1 atom stereocenters. The van der Waals surface area contributed by atoms with Crippen LogP contribution in [0.4, 0.5) is 0 Å². The standard InChI is InChI=1S/C15H15Br/c1-9-3-13-7-11-5-10(2)12(6-11)8-14(13)15(16)4-9/h3-5,7,12H,6,8H2,1-2H3. The summed E-state index contributed by atoms with van der Waals surface area (Å²) in [5, 5.41) is 0. The summed E-state index contributed by atoms with van der Waals surface area (Å²) in [6, 6.07) is 4.53. The van der Waals surface area contributed by atoms with Crippen LogP contribution >= 0.6 is 15.9 Å². The van der Waals surface area contributed by atoms with Crippen LogP contribution in [0.5, 0.6) is 0 Å². The maximum Gasteiger partial charge on any atom is 0.0216 e. The molecule has 3 rings (SSSR count). The van der Waals surface area contributed by atoms with Gasteiger partial charge in [0.15, 0.2) is 0 Å². The van der Waals surface area contributed by atoms with Crippen molar-refractivity contribution in [2.75, 3.05) is 0 Å². The Kier molecular flexibility index (Phi) is 2.32. The third-order valence-electron chi connectivity index (χ3n) is 3.70. The molecule has 16 heavy (non-hydrogen) atoms. The minimum atomic E-state index is 0.728. The summed E-state index contributed by atoms with van der Waals surface area (Å²) >= 11 is 3.71. The fraction of sp³-hybridized carbons (Fsp3) is 0.333. The molecule has 0 aliphatic heterocycles. The molecule has 0 heterocycles. The van der Waals surface area contributed by atoms with E-state index in [1.54, 1.807) is 5.57 Å². The van der Waals surface area contributed by atoms with E-state index < -0.39 is 0 Å². The molecule has 0 fully saturated rings. The minimum absolute atomic E-state index is 0.728. The van der Waals surface area contributed by atoms with Gasteiger partial charge in [0.2, 0.25) is 0 Å². The van der Waals surface area contributed by atoms with Crippen molar-refractivity contribution in [1.82, 2.24) is 0 Å². The van der Waals surface area contributed by atoms with Crippen LogP contribution in [0.2, 0.25) is 0 Å². The Hall–Kier alpha value is -0.820. The monoisotopic (exact) mass is 274 g/mol. The number of rotatable bonds is 0. The number of hydrogen-bond acceptors (Lipinski definition) is 0. The molecule has 1 unspecified atom stereocenters. The van der Waals surface area contributed by atoms with E-state index in [1.165, 1.54) is 39.6 Å². The van der Waals surface area contributed by atoms with Crippen molar-refractivity contribution >= 4 is 22.0 Å². The zero-order valence-electron chi connectivity index (χ0n) is 9.68. The van der Waals surface area contributed by atoms with E-state index in [1.807, 2.05) is 0 Å². The molecule has 0 saturated carbocycles. The van der Waals surface area contributed by atoms with Crippen molar-refractivity contribution in [3.63, 3.8) is 0 Å². The molecule has 0 nitrogen and oxygen atoms in total. The first-order valence-corrected chi connectivity index (χ1v) is 6.60. The van der Waals surface area contributed by atoms with E-state index in [4.69, 9.17) is 0 Å². The number of aryl methyl sites for hydroxylation is 1. The molecule has 2 aliphatic carbocycles. The van der Waals surface area contributed by atoms with E-state index in [0.29, 0.717) is 0 Å². The summed E-state index contributed by atoms with van der Waals surface area (Å²) in [7, 11) is 0. The van der Waals surface area contributed by atoms with Crippen LogP contribution in [0.15, 0.2) is 33.8 Å². The lowest BCUT2D eigenvalue weighted by molar-refractivity contribution is 0.638. The Morgan fingerprint density at radius 1 is 1.12 bits per heavy atom. The van der Waals surface area contributed by atoms with Crippen LogP contribution in [0.3, 0.4) is 0 Å². The van der Waals surface area contributed by atoms with Crippen molar-refractivity contribution in [2.45, 2.75) is 26.7 Å². The lowest BCUT2D eigenvalue weighted by Gasteiger charge is -2.14. The molecule has 0 spiro atoms. The van der Waals surface area contributed by atoms with E-state index >= 15 is 0 Å². The van der Waals surface area contributed by atoms with Crippen LogP contribution in [-0.2, 0) is 6.42 Å². The van der Waals surface area contributed by atoms with Crippen molar-refractivity contribution in [3.8, 4) is 0 Å². The number of allylic oxidation sites excluding steroid dienone is 3. The van der Waals surface area contributed by atoms with E-state index in [-0.39, 0.29) is 0 Å². The Morgan fingerprint density at radius 2 is 1.94 bits per heavy atom. The van der Waals surface area contributed by atoms with Gasteiger partial charge in [-0.25, -0.2) is 0 Å². The average Bonchev–Trinajstić information content (AvgIpc) is 2.43. The number of hydrogen-bond donors (Lipinski definition) is 0. The van der Waals surface area contributed by atoms with Crippen molar-refractivity contribution < 1.29 is 0 Å². The highest BCUT2D eigenvalue weighted by Crippen LogP contribution is 2.40. The summed E-state index contributed by atoms with van der Waals surface area (Å²) in [5.74, 6) is 0.728. The molecule has 0 saturated heterocycles. The van der Waals surface area contributed by atoms with Gasteiger partial charge in [0.1, 0.15) is 0 Å². The quantitative estimate of drug-likeness (QED) is 0.645. The molecule has 1 aromatic carbocycles. The van der Waals surface area contributed by atoms with Gasteiger partial charge in [-0.05, 0) is 60.9 Å².